The highest BCUT2D eigenvalue weighted by Gasteiger charge is 2.13. The molecule has 2 aromatic heterocycles. The Morgan fingerprint density at radius 1 is 1.04 bits per heavy atom. The first-order valence-corrected chi connectivity index (χ1v) is 9.34. The number of carbonyl (C=O) groups excluding carboxylic acids is 1. The van der Waals surface area contributed by atoms with Crippen molar-refractivity contribution in [2.75, 3.05) is 23.3 Å². The summed E-state index contributed by atoms with van der Waals surface area (Å²) < 4.78 is 1.02. The minimum atomic E-state index is -0.416. The number of hydrogen-bond donors (Lipinski definition) is 2. The molecule has 1 aliphatic rings. The van der Waals surface area contributed by atoms with Gasteiger partial charge in [-0.05, 0) is 43.5 Å². The highest BCUT2D eigenvalue weighted by molar-refractivity contribution is 5.90. The molecule has 8 nitrogen and oxygen atoms in total. The molecule has 0 spiro atoms. The van der Waals surface area contributed by atoms with Gasteiger partial charge in [-0.1, -0.05) is 12.1 Å². The van der Waals surface area contributed by atoms with Gasteiger partial charge in [-0.15, -0.1) is 0 Å². The van der Waals surface area contributed by atoms with E-state index in [9.17, 15) is 14.4 Å². The first kappa shape index (κ1) is 18.0. The Balaban J connectivity index is 1.47. The van der Waals surface area contributed by atoms with Crippen molar-refractivity contribution in [2.24, 2.45) is 0 Å². The third-order valence-corrected chi connectivity index (χ3v) is 4.90. The van der Waals surface area contributed by atoms with Crippen molar-refractivity contribution in [3.8, 4) is 0 Å². The molecule has 0 saturated carbocycles. The van der Waals surface area contributed by atoms with Crippen LogP contribution in [-0.2, 0) is 11.3 Å². The molecule has 1 saturated heterocycles. The Hall–Kier alpha value is -3.42. The molecule has 4 rings (SSSR count). The van der Waals surface area contributed by atoms with Crippen LogP contribution in [0.5, 0.6) is 0 Å². The molecule has 3 heterocycles. The zero-order chi connectivity index (χ0) is 19.5. The van der Waals surface area contributed by atoms with Crippen molar-refractivity contribution in [3.05, 3.63) is 63.3 Å². The highest BCUT2D eigenvalue weighted by Crippen LogP contribution is 2.18. The average Bonchev–Trinajstić information content (AvgIpc) is 2.73. The number of aromatic nitrogens is 3. The van der Waals surface area contributed by atoms with Crippen LogP contribution in [0.2, 0.25) is 0 Å². The molecule has 1 aliphatic heterocycles. The van der Waals surface area contributed by atoms with E-state index in [0.29, 0.717) is 11.1 Å². The highest BCUT2D eigenvalue weighted by atomic mass is 16.2. The zero-order valence-electron chi connectivity index (χ0n) is 15.4. The van der Waals surface area contributed by atoms with Gasteiger partial charge in [-0.3, -0.25) is 19.5 Å². The average molecular weight is 379 g/mol. The van der Waals surface area contributed by atoms with Gasteiger partial charge < -0.3 is 10.2 Å². The lowest BCUT2D eigenvalue weighted by Crippen LogP contribution is -2.34. The summed E-state index contributed by atoms with van der Waals surface area (Å²) in [5, 5.41) is 5.76. The van der Waals surface area contributed by atoms with Gasteiger partial charge in [0.15, 0.2) is 0 Å². The second-order valence-corrected chi connectivity index (χ2v) is 6.88. The van der Waals surface area contributed by atoms with E-state index in [1.54, 1.807) is 36.5 Å². The zero-order valence-corrected chi connectivity index (χ0v) is 15.4. The SMILES string of the molecule is O=C(Cn1[nH]c(=O)c2ccccc2c1=O)Nc1ccc(N2CCCCC2)nc1. The fourth-order valence-corrected chi connectivity index (χ4v) is 3.47. The maximum Gasteiger partial charge on any atom is 0.273 e. The van der Waals surface area contributed by atoms with Crippen LogP contribution in [0.3, 0.4) is 0 Å². The summed E-state index contributed by atoms with van der Waals surface area (Å²) in [5.74, 6) is 0.480. The smallest absolute Gasteiger partial charge is 0.273 e. The van der Waals surface area contributed by atoms with Crippen molar-refractivity contribution in [1.82, 2.24) is 14.8 Å². The Labute approximate surface area is 160 Å². The molecule has 1 aromatic carbocycles. The molecule has 0 bridgehead atoms. The van der Waals surface area contributed by atoms with Crippen LogP contribution in [0.25, 0.3) is 10.8 Å². The molecule has 28 heavy (non-hydrogen) atoms. The van der Waals surface area contributed by atoms with Crippen LogP contribution in [-0.4, -0.2) is 33.8 Å². The molecule has 144 valence electrons. The summed E-state index contributed by atoms with van der Waals surface area (Å²) in [4.78, 5) is 43.6. The van der Waals surface area contributed by atoms with Gasteiger partial charge >= 0.3 is 0 Å². The van der Waals surface area contributed by atoms with Crippen molar-refractivity contribution in [1.29, 1.82) is 0 Å². The van der Waals surface area contributed by atoms with E-state index in [-0.39, 0.29) is 11.9 Å². The summed E-state index contributed by atoms with van der Waals surface area (Å²) in [6.45, 7) is 1.71. The number of pyridine rings is 1. The monoisotopic (exact) mass is 379 g/mol. The number of H-pyrrole nitrogens is 1. The molecule has 8 heteroatoms. The number of carbonyl (C=O) groups is 1. The Kier molecular flexibility index (Phi) is 4.92. The first-order chi connectivity index (χ1) is 13.6. The van der Waals surface area contributed by atoms with Gasteiger partial charge in [0.1, 0.15) is 12.4 Å². The third kappa shape index (κ3) is 3.66. The van der Waals surface area contributed by atoms with Crippen LogP contribution in [0.1, 0.15) is 19.3 Å². The predicted molar refractivity (Wildman–Crippen MR) is 108 cm³/mol. The van der Waals surface area contributed by atoms with Crippen LogP contribution < -0.4 is 21.3 Å². The number of nitrogens with zero attached hydrogens (tertiary/aromatic N) is 3. The van der Waals surface area contributed by atoms with E-state index in [2.05, 4.69) is 20.3 Å². The molecule has 1 amide bonds. The number of amides is 1. The van der Waals surface area contributed by atoms with Crippen molar-refractivity contribution in [2.45, 2.75) is 25.8 Å². The van der Waals surface area contributed by atoms with Crippen LogP contribution in [0, 0.1) is 0 Å². The van der Waals surface area contributed by atoms with E-state index >= 15 is 0 Å². The molecule has 1 fully saturated rings. The molecular formula is C20H21N5O3. The van der Waals surface area contributed by atoms with Crippen LogP contribution >= 0.6 is 0 Å². The fraction of sp³-hybridized carbons (Fsp3) is 0.300. The molecule has 3 aromatic rings. The second-order valence-electron chi connectivity index (χ2n) is 6.88. The third-order valence-electron chi connectivity index (χ3n) is 4.90. The second kappa shape index (κ2) is 7.67. The Bertz CT molecular complexity index is 1110. The topological polar surface area (TPSA) is 100 Å². The largest absolute Gasteiger partial charge is 0.357 e. The van der Waals surface area contributed by atoms with E-state index in [1.807, 2.05) is 6.07 Å². The van der Waals surface area contributed by atoms with E-state index in [4.69, 9.17) is 0 Å². The number of aromatic amines is 1. The molecule has 0 aliphatic carbocycles. The van der Waals surface area contributed by atoms with Crippen LogP contribution in [0.15, 0.2) is 52.2 Å². The van der Waals surface area contributed by atoms with Gasteiger partial charge in [-0.25, -0.2) is 9.67 Å². The lowest BCUT2D eigenvalue weighted by atomic mass is 10.1. The first-order valence-electron chi connectivity index (χ1n) is 9.34. The standard InChI is InChI=1S/C20H21N5O3/c26-18(13-25-20(28)16-7-3-2-6-15(16)19(27)23-25)22-14-8-9-17(21-12-14)24-10-4-1-5-11-24/h2-3,6-9,12H,1,4-5,10-11,13H2,(H,22,26)(H,23,27). The number of hydrogen-bond acceptors (Lipinski definition) is 5. The van der Waals surface area contributed by atoms with E-state index in [1.165, 1.54) is 19.3 Å². The maximum absolute atomic E-state index is 12.5. The normalized spacial score (nSPS) is 14.2. The molecule has 0 radical (unpaired) electrons. The number of anilines is 2. The van der Waals surface area contributed by atoms with Gasteiger partial charge in [0.25, 0.3) is 11.1 Å². The summed E-state index contributed by atoms with van der Waals surface area (Å²) in [6.07, 6.45) is 5.19. The molecule has 0 unspecified atom stereocenters. The van der Waals surface area contributed by atoms with Gasteiger partial charge in [0.05, 0.1) is 22.7 Å². The Morgan fingerprint density at radius 2 is 1.79 bits per heavy atom. The summed E-state index contributed by atoms with van der Waals surface area (Å²) in [7, 11) is 0. The lowest BCUT2D eigenvalue weighted by molar-refractivity contribution is -0.117. The number of fused-ring (bicyclic) bond motifs is 1. The van der Waals surface area contributed by atoms with Gasteiger partial charge in [0.2, 0.25) is 5.91 Å². The minimum absolute atomic E-state index is 0.284. The Morgan fingerprint density at radius 3 is 2.50 bits per heavy atom. The summed E-state index contributed by atoms with van der Waals surface area (Å²) in [6, 6.07) is 10.2. The number of nitrogens with one attached hydrogen (secondary N) is 2. The quantitative estimate of drug-likeness (QED) is 0.719. The van der Waals surface area contributed by atoms with Crippen LogP contribution in [0.4, 0.5) is 11.5 Å². The summed E-state index contributed by atoms with van der Waals surface area (Å²) >= 11 is 0. The van der Waals surface area contributed by atoms with E-state index < -0.39 is 17.0 Å². The molecule has 2 N–H and O–H groups in total. The summed E-state index contributed by atoms with van der Waals surface area (Å²) in [5.41, 5.74) is -0.276. The number of piperidine rings is 1. The molecule has 0 atom stereocenters. The number of benzene rings is 1. The predicted octanol–water partition coefficient (Wildman–Crippen LogP) is 1.71. The van der Waals surface area contributed by atoms with E-state index in [0.717, 1.165) is 23.6 Å². The van der Waals surface area contributed by atoms with Crippen molar-refractivity contribution >= 4 is 28.2 Å². The van der Waals surface area contributed by atoms with Gasteiger partial charge in [0, 0.05) is 13.1 Å². The lowest BCUT2D eigenvalue weighted by Gasteiger charge is -2.27. The minimum Gasteiger partial charge on any atom is -0.357 e. The molecular weight excluding hydrogens is 358 g/mol. The fourth-order valence-electron chi connectivity index (χ4n) is 3.47. The number of rotatable bonds is 4. The van der Waals surface area contributed by atoms with Crippen molar-refractivity contribution < 1.29 is 4.79 Å². The maximum atomic E-state index is 12.5. The van der Waals surface area contributed by atoms with Crippen molar-refractivity contribution in [3.63, 3.8) is 0 Å². The van der Waals surface area contributed by atoms with Gasteiger partial charge in [-0.2, -0.15) is 0 Å².